The molecule has 0 atom stereocenters. The van der Waals surface area contributed by atoms with Gasteiger partial charge in [-0.25, -0.2) is 0 Å². The highest BCUT2D eigenvalue weighted by Crippen LogP contribution is 2.24. The summed E-state index contributed by atoms with van der Waals surface area (Å²) < 4.78 is 0. The number of nitrogens with two attached hydrogens (primary N) is 1. The summed E-state index contributed by atoms with van der Waals surface area (Å²) in [5, 5.41) is 3.41. The number of hydrogen-bond acceptors (Lipinski definition) is 3. The number of rotatable bonds is 4. The number of Topliss-reactive ketones (excluding diaryl/α,β-unsaturated/α-hetero) is 1. The summed E-state index contributed by atoms with van der Waals surface area (Å²) in [6.07, 6.45) is 1.28. The average molecular weight is 204 g/mol. The van der Waals surface area contributed by atoms with Crippen LogP contribution in [0.15, 0.2) is 23.3 Å². The zero-order valence-electron chi connectivity index (χ0n) is 8.47. The smallest absolute Gasteiger partial charge is 0.162 e. The van der Waals surface area contributed by atoms with E-state index in [2.05, 4.69) is 10.0 Å². The van der Waals surface area contributed by atoms with Gasteiger partial charge in [0.1, 0.15) is 0 Å². The Balaban J connectivity index is 3.07. The number of carbonyl (C=O) groups excluding carboxylic acids is 1. The molecule has 0 aromatic heterocycles. The fraction of sp³-hybridized carbons (Fsp3) is 0.300. The van der Waals surface area contributed by atoms with Crippen molar-refractivity contribution in [2.24, 2.45) is 5.11 Å². The van der Waals surface area contributed by atoms with Crippen LogP contribution in [0.3, 0.4) is 0 Å². The SMILES string of the molecule is CCCC(=O)c1ccc(N)c(N=[N+]=[N-])c1. The Kier molecular flexibility index (Phi) is 3.71. The summed E-state index contributed by atoms with van der Waals surface area (Å²) in [5.74, 6) is 0.0342. The summed E-state index contributed by atoms with van der Waals surface area (Å²) in [5.41, 5.74) is 15.1. The highest BCUT2D eigenvalue weighted by Gasteiger charge is 2.06. The topological polar surface area (TPSA) is 91.9 Å². The number of azide groups is 1. The maximum Gasteiger partial charge on any atom is 0.162 e. The van der Waals surface area contributed by atoms with Gasteiger partial charge in [0.15, 0.2) is 5.78 Å². The van der Waals surface area contributed by atoms with Crippen LogP contribution in [-0.4, -0.2) is 5.78 Å². The van der Waals surface area contributed by atoms with Gasteiger partial charge in [-0.05, 0) is 30.2 Å². The second-order valence-electron chi connectivity index (χ2n) is 3.14. The maximum atomic E-state index is 11.5. The lowest BCUT2D eigenvalue weighted by Gasteiger charge is -2.02. The molecule has 0 aliphatic carbocycles. The molecule has 0 heterocycles. The van der Waals surface area contributed by atoms with Gasteiger partial charge in [0.05, 0.1) is 5.69 Å². The van der Waals surface area contributed by atoms with Crippen LogP contribution >= 0.6 is 0 Å². The summed E-state index contributed by atoms with van der Waals surface area (Å²) in [6.45, 7) is 1.93. The van der Waals surface area contributed by atoms with E-state index in [-0.39, 0.29) is 5.78 Å². The normalized spacial score (nSPS) is 9.40. The third-order valence-electron chi connectivity index (χ3n) is 1.98. The molecule has 1 aromatic carbocycles. The first-order chi connectivity index (χ1) is 7.19. The fourth-order valence-corrected chi connectivity index (χ4v) is 1.22. The highest BCUT2D eigenvalue weighted by atomic mass is 16.1. The molecule has 5 nitrogen and oxygen atoms in total. The van der Waals surface area contributed by atoms with Crippen LogP contribution < -0.4 is 5.73 Å². The van der Waals surface area contributed by atoms with Crippen molar-refractivity contribution in [1.29, 1.82) is 0 Å². The van der Waals surface area contributed by atoms with Crippen LogP contribution in [0.1, 0.15) is 30.1 Å². The Hall–Kier alpha value is -2.00. The van der Waals surface area contributed by atoms with Crippen molar-refractivity contribution in [2.45, 2.75) is 19.8 Å². The number of hydrogen-bond donors (Lipinski definition) is 1. The Morgan fingerprint density at radius 3 is 2.93 bits per heavy atom. The predicted molar refractivity (Wildman–Crippen MR) is 58.9 cm³/mol. The van der Waals surface area contributed by atoms with E-state index in [1.807, 2.05) is 6.92 Å². The number of carbonyl (C=O) groups is 1. The Morgan fingerprint density at radius 1 is 1.60 bits per heavy atom. The number of ketones is 1. The van der Waals surface area contributed by atoms with E-state index in [4.69, 9.17) is 11.3 Å². The van der Waals surface area contributed by atoms with E-state index in [0.717, 1.165) is 6.42 Å². The monoisotopic (exact) mass is 204 g/mol. The number of anilines is 1. The molecular weight excluding hydrogens is 192 g/mol. The van der Waals surface area contributed by atoms with Crippen LogP contribution in [0.5, 0.6) is 0 Å². The molecule has 0 saturated heterocycles. The second-order valence-corrected chi connectivity index (χ2v) is 3.14. The van der Waals surface area contributed by atoms with Gasteiger partial charge in [-0.15, -0.1) is 0 Å². The highest BCUT2D eigenvalue weighted by molar-refractivity contribution is 5.97. The fourth-order valence-electron chi connectivity index (χ4n) is 1.22. The average Bonchev–Trinajstić information content (AvgIpc) is 2.22. The van der Waals surface area contributed by atoms with E-state index in [1.54, 1.807) is 12.1 Å². The molecule has 0 radical (unpaired) electrons. The largest absolute Gasteiger partial charge is 0.398 e. The standard InChI is InChI=1S/C10H12N4O/c1-2-3-10(15)7-4-5-8(11)9(6-7)13-14-12/h4-6H,2-3,11H2,1H3. The minimum absolute atomic E-state index is 0.0342. The Morgan fingerprint density at radius 2 is 2.33 bits per heavy atom. The van der Waals surface area contributed by atoms with E-state index < -0.39 is 0 Å². The van der Waals surface area contributed by atoms with Crippen LogP contribution in [0.2, 0.25) is 0 Å². The lowest BCUT2D eigenvalue weighted by molar-refractivity contribution is 0.0982. The van der Waals surface area contributed by atoms with Crippen molar-refractivity contribution < 1.29 is 4.79 Å². The molecule has 0 unspecified atom stereocenters. The summed E-state index contributed by atoms with van der Waals surface area (Å²) in [6, 6.07) is 4.74. The molecule has 0 aliphatic heterocycles. The van der Waals surface area contributed by atoms with E-state index in [0.29, 0.717) is 23.4 Å². The van der Waals surface area contributed by atoms with Gasteiger partial charge in [0.25, 0.3) is 0 Å². The molecule has 78 valence electrons. The molecule has 0 saturated carbocycles. The van der Waals surface area contributed by atoms with Crippen molar-refractivity contribution in [3.05, 3.63) is 34.2 Å². The van der Waals surface area contributed by atoms with Crippen molar-refractivity contribution in [1.82, 2.24) is 0 Å². The van der Waals surface area contributed by atoms with Gasteiger partial charge in [-0.2, -0.15) is 0 Å². The van der Waals surface area contributed by atoms with Crippen molar-refractivity contribution in [3.8, 4) is 0 Å². The maximum absolute atomic E-state index is 11.5. The molecule has 0 aliphatic rings. The number of nitrogens with zero attached hydrogens (tertiary/aromatic N) is 3. The van der Waals surface area contributed by atoms with Gasteiger partial charge in [0.2, 0.25) is 0 Å². The van der Waals surface area contributed by atoms with E-state index in [9.17, 15) is 4.79 Å². The summed E-state index contributed by atoms with van der Waals surface area (Å²) in [4.78, 5) is 14.2. The third-order valence-corrected chi connectivity index (χ3v) is 1.98. The van der Waals surface area contributed by atoms with Crippen molar-refractivity contribution in [2.75, 3.05) is 5.73 Å². The quantitative estimate of drug-likeness (QED) is 0.268. The molecule has 1 rings (SSSR count). The minimum atomic E-state index is 0.0342. The van der Waals surface area contributed by atoms with Crippen LogP contribution in [0, 0.1) is 0 Å². The zero-order valence-corrected chi connectivity index (χ0v) is 8.47. The third kappa shape index (κ3) is 2.72. The molecular formula is C10H12N4O. The van der Waals surface area contributed by atoms with Crippen LogP contribution in [-0.2, 0) is 0 Å². The van der Waals surface area contributed by atoms with Gasteiger partial charge in [-0.1, -0.05) is 12.0 Å². The summed E-state index contributed by atoms with van der Waals surface area (Å²) >= 11 is 0. The molecule has 5 heteroatoms. The van der Waals surface area contributed by atoms with E-state index in [1.165, 1.54) is 6.07 Å². The zero-order chi connectivity index (χ0) is 11.3. The van der Waals surface area contributed by atoms with Crippen LogP contribution in [0.4, 0.5) is 11.4 Å². The molecule has 15 heavy (non-hydrogen) atoms. The van der Waals surface area contributed by atoms with Gasteiger partial charge in [-0.3, -0.25) is 4.79 Å². The molecule has 1 aromatic rings. The van der Waals surface area contributed by atoms with Gasteiger partial charge in [0, 0.05) is 22.6 Å². The molecule has 0 amide bonds. The lowest BCUT2D eigenvalue weighted by atomic mass is 10.1. The molecule has 0 bridgehead atoms. The second kappa shape index (κ2) is 5.02. The van der Waals surface area contributed by atoms with Gasteiger partial charge >= 0.3 is 0 Å². The Labute approximate surface area is 87.5 Å². The predicted octanol–water partition coefficient (Wildman–Crippen LogP) is 3.19. The molecule has 0 spiro atoms. The first kappa shape index (κ1) is 11.1. The van der Waals surface area contributed by atoms with Crippen molar-refractivity contribution in [3.63, 3.8) is 0 Å². The summed E-state index contributed by atoms with van der Waals surface area (Å²) in [7, 11) is 0. The number of nitrogen functional groups attached to an aromatic ring is 1. The molecule has 2 N–H and O–H groups in total. The van der Waals surface area contributed by atoms with Crippen molar-refractivity contribution >= 4 is 17.2 Å². The first-order valence-electron chi connectivity index (χ1n) is 4.67. The first-order valence-corrected chi connectivity index (χ1v) is 4.67. The van der Waals surface area contributed by atoms with E-state index >= 15 is 0 Å². The molecule has 0 fully saturated rings. The number of benzene rings is 1. The Bertz CT molecular complexity index is 421. The lowest BCUT2D eigenvalue weighted by Crippen LogP contribution is -1.98. The van der Waals surface area contributed by atoms with Crippen LogP contribution in [0.25, 0.3) is 10.4 Å². The van der Waals surface area contributed by atoms with Gasteiger partial charge < -0.3 is 5.73 Å². The minimum Gasteiger partial charge on any atom is -0.398 e.